The van der Waals surface area contributed by atoms with Crippen LogP contribution in [-0.4, -0.2) is 31.3 Å². The average molecular weight is 346 g/mol. The van der Waals surface area contributed by atoms with Gasteiger partial charge in [0, 0.05) is 30.3 Å². The third-order valence-electron chi connectivity index (χ3n) is 4.34. The van der Waals surface area contributed by atoms with Crippen LogP contribution in [0.25, 0.3) is 0 Å². The summed E-state index contributed by atoms with van der Waals surface area (Å²) in [6.45, 7) is 1.24. The number of ether oxygens (including phenoxy) is 1. The number of benzene rings is 1. The second-order valence-electron chi connectivity index (χ2n) is 5.92. The second-order valence-corrected chi connectivity index (χ2v) is 6.79. The molecular formula is C16H21Cl2NO3. The SMILES string of the molecule is COCCC1(CNC(=O)C(O)c2cc(Cl)cc(Cl)c2)CCC1. The highest BCUT2D eigenvalue weighted by atomic mass is 35.5. The van der Waals surface area contributed by atoms with Crippen LogP contribution in [-0.2, 0) is 9.53 Å². The van der Waals surface area contributed by atoms with Gasteiger partial charge in [0.25, 0.3) is 5.91 Å². The summed E-state index contributed by atoms with van der Waals surface area (Å²) in [5.41, 5.74) is 0.506. The summed E-state index contributed by atoms with van der Waals surface area (Å²) in [6.07, 6.45) is 2.98. The van der Waals surface area contributed by atoms with Gasteiger partial charge in [-0.3, -0.25) is 4.79 Å². The molecule has 0 heterocycles. The number of aliphatic hydroxyl groups is 1. The van der Waals surface area contributed by atoms with E-state index in [1.165, 1.54) is 6.42 Å². The fraction of sp³-hybridized carbons (Fsp3) is 0.562. The standard InChI is InChI=1S/C16H21Cl2NO3/c1-22-6-5-16(3-2-4-16)10-19-15(21)14(20)11-7-12(17)9-13(18)8-11/h7-9,14,20H,2-6,10H2,1H3,(H,19,21). The molecule has 1 unspecified atom stereocenters. The van der Waals surface area contributed by atoms with Crippen molar-refractivity contribution < 1.29 is 14.6 Å². The Bertz CT molecular complexity index is 512. The lowest BCUT2D eigenvalue weighted by molar-refractivity contribution is -0.130. The maximum absolute atomic E-state index is 12.1. The van der Waals surface area contributed by atoms with Gasteiger partial charge in [-0.1, -0.05) is 29.6 Å². The lowest BCUT2D eigenvalue weighted by atomic mass is 9.66. The quantitative estimate of drug-likeness (QED) is 0.796. The number of nitrogens with one attached hydrogen (secondary N) is 1. The molecule has 4 nitrogen and oxygen atoms in total. The molecule has 1 atom stereocenters. The van der Waals surface area contributed by atoms with Crippen LogP contribution in [0.3, 0.4) is 0 Å². The molecule has 0 aromatic heterocycles. The Morgan fingerprint density at radius 1 is 1.36 bits per heavy atom. The highest BCUT2D eigenvalue weighted by molar-refractivity contribution is 6.34. The van der Waals surface area contributed by atoms with Crippen molar-refractivity contribution in [3.63, 3.8) is 0 Å². The normalized spacial score (nSPS) is 17.6. The molecule has 0 aliphatic heterocycles. The van der Waals surface area contributed by atoms with E-state index in [0.717, 1.165) is 19.3 Å². The third-order valence-corrected chi connectivity index (χ3v) is 4.77. The summed E-state index contributed by atoms with van der Waals surface area (Å²) in [6, 6.07) is 4.65. The molecule has 6 heteroatoms. The van der Waals surface area contributed by atoms with Crippen molar-refractivity contribution >= 4 is 29.1 Å². The number of rotatable bonds is 7. The molecule has 0 spiro atoms. The molecule has 0 radical (unpaired) electrons. The van der Waals surface area contributed by atoms with Crippen LogP contribution >= 0.6 is 23.2 Å². The minimum absolute atomic E-state index is 0.108. The van der Waals surface area contributed by atoms with Crippen molar-refractivity contribution in [2.24, 2.45) is 5.41 Å². The highest BCUT2D eigenvalue weighted by Gasteiger charge is 2.37. The number of amides is 1. The van der Waals surface area contributed by atoms with Crippen LogP contribution in [0.4, 0.5) is 0 Å². The van der Waals surface area contributed by atoms with Gasteiger partial charge in [-0.15, -0.1) is 0 Å². The number of aliphatic hydroxyl groups excluding tert-OH is 1. The molecule has 0 saturated heterocycles. The zero-order valence-electron chi connectivity index (χ0n) is 12.6. The first-order valence-corrected chi connectivity index (χ1v) is 8.12. The lowest BCUT2D eigenvalue weighted by Crippen LogP contribution is -2.44. The van der Waals surface area contributed by atoms with E-state index >= 15 is 0 Å². The van der Waals surface area contributed by atoms with Crippen LogP contribution in [0.15, 0.2) is 18.2 Å². The summed E-state index contributed by atoms with van der Waals surface area (Å²) in [5.74, 6) is -0.429. The first kappa shape index (κ1) is 17.5. The third kappa shape index (κ3) is 4.35. The van der Waals surface area contributed by atoms with E-state index in [0.29, 0.717) is 28.8 Å². The van der Waals surface area contributed by atoms with Gasteiger partial charge < -0.3 is 15.2 Å². The number of methoxy groups -OCH3 is 1. The largest absolute Gasteiger partial charge is 0.385 e. The van der Waals surface area contributed by atoms with E-state index in [2.05, 4.69) is 5.32 Å². The Morgan fingerprint density at radius 2 is 2.00 bits per heavy atom. The number of carbonyl (C=O) groups is 1. The Kier molecular flexibility index (Phi) is 6.09. The molecule has 2 N–H and O–H groups in total. The van der Waals surface area contributed by atoms with Crippen molar-refractivity contribution in [1.82, 2.24) is 5.32 Å². The average Bonchev–Trinajstić information content (AvgIpc) is 2.43. The van der Waals surface area contributed by atoms with E-state index in [9.17, 15) is 9.90 Å². The van der Waals surface area contributed by atoms with E-state index in [1.54, 1.807) is 25.3 Å². The zero-order valence-corrected chi connectivity index (χ0v) is 14.1. The van der Waals surface area contributed by atoms with Gasteiger partial charge in [-0.2, -0.15) is 0 Å². The topological polar surface area (TPSA) is 58.6 Å². The molecule has 1 aromatic carbocycles. The van der Waals surface area contributed by atoms with Crippen molar-refractivity contribution in [3.8, 4) is 0 Å². The van der Waals surface area contributed by atoms with Crippen LogP contribution in [0.2, 0.25) is 10.0 Å². The van der Waals surface area contributed by atoms with Gasteiger partial charge in [0.15, 0.2) is 6.10 Å². The number of hydrogen-bond donors (Lipinski definition) is 2. The zero-order chi connectivity index (χ0) is 16.2. The molecule has 1 fully saturated rings. The van der Waals surface area contributed by atoms with E-state index in [-0.39, 0.29) is 5.41 Å². The maximum atomic E-state index is 12.1. The molecule has 1 aliphatic rings. The molecular weight excluding hydrogens is 325 g/mol. The van der Waals surface area contributed by atoms with Crippen LogP contribution in [0.5, 0.6) is 0 Å². The van der Waals surface area contributed by atoms with Crippen molar-refractivity contribution in [1.29, 1.82) is 0 Å². The Morgan fingerprint density at radius 3 is 2.50 bits per heavy atom. The van der Waals surface area contributed by atoms with Gasteiger partial charge in [0.2, 0.25) is 0 Å². The smallest absolute Gasteiger partial charge is 0.253 e. The molecule has 0 bridgehead atoms. The summed E-state index contributed by atoms with van der Waals surface area (Å²) in [4.78, 5) is 12.1. The molecule has 22 heavy (non-hydrogen) atoms. The minimum Gasteiger partial charge on any atom is -0.385 e. The number of hydrogen-bond acceptors (Lipinski definition) is 3. The molecule has 1 aromatic rings. The predicted molar refractivity (Wildman–Crippen MR) is 87.2 cm³/mol. The van der Waals surface area contributed by atoms with Crippen molar-refractivity contribution in [3.05, 3.63) is 33.8 Å². The van der Waals surface area contributed by atoms with E-state index in [4.69, 9.17) is 27.9 Å². The number of halogens is 2. The Balaban J connectivity index is 1.93. The number of carbonyl (C=O) groups excluding carboxylic acids is 1. The van der Waals surface area contributed by atoms with Crippen molar-refractivity contribution in [2.75, 3.05) is 20.3 Å². The molecule has 122 valence electrons. The second kappa shape index (κ2) is 7.64. The summed E-state index contributed by atoms with van der Waals surface area (Å²) < 4.78 is 5.13. The highest BCUT2D eigenvalue weighted by Crippen LogP contribution is 2.43. The summed E-state index contributed by atoms with van der Waals surface area (Å²) >= 11 is 11.8. The molecule has 2 rings (SSSR count). The predicted octanol–water partition coefficient (Wildman–Crippen LogP) is 3.35. The van der Waals surface area contributed by atoms with Crippen LogP contribution < -0.4 is 5.32 Å². The summed E-state index contributed by atoms with van der Waals surface area (Å²) in [5, 5.41) is 13.8. The fourth-order valence-electron chi connectivity index (χ4n) is 2.77. The first-order chi connectivity index (χ1) is 10.5. The fourth-order valence-corrected chi connectivity index (χ4v) is 3.31. The van der Waals surface area contributed by atoms with Gasteiger partial charge >= 0.3 is 0 Å². The van der Waals surface area contributed by atoms with E-state index in [1.807, 2.05) is 0 Å². The minimum atomic E-state index is -1.27. The van der Waals surface area contributed by atoms with Gasteiger partial charge in [0.1, 0.15) is 0 Å². The van der Waals surface area contributed by atoms with Gasteiger partial charge in [0.05, 0.1) is 0 Å². The van der Waals surface area contributed by atoms with Gasteiger partial charge in [-0.25, -0.2) is 0 Å². The summed E-state index contributed by atoms with van der Waals surface area (Å²) in [7, 11) is 1.68. The van der Waals surface area contributed by atoms with Crippen LogP contribution in [0, 0.1) is 5.41 Å². The Labute approximate surface area is 140 Å². The van der Waals surface area contributed by atoms with Crippen LogP contribution in [0.1, 0.15) is 37.4 Å². The van der Waals surface area contributed by atoms with Crippen molar-refractivity contribution in [2.45, 2.75) is 31.8 Å². The van der Waals surface area contributed by atoms with Gasteiger partial charge in [-0.05, 0) is 48.4 Å². The molecule has 1 aliphatic carbocycles. The monoisotopic (exact) mass is 345 g/mol. The van der Waals surface area contributed by atoms with E-state index < -0.39 is 12.0 Å². The Hall–Kier alpha value is -0.810. The molecule has 1 amide bonds. The first-order valence-electron chi connectivity index (χ1n) is 7.36. The molecule has 1 saturated carbocycles. The lowest BCUT2D eigenvalue weighted by Gasteiger charge is -2.42. The maximum Gasteiger partial charge on any atom is 0.253 e.